The summed E-state index contributed by atoms with van der Waals surface area (Å²) in [6, 6.07) is 1.91. The Morgan fingerprint density at radius 1 is 1.54 bits per heavy atom. The zero-order valence-electron chi connectivity index (χ0n) is 6.97. The van der Waals surface area contributed by atoms with Crippen LogP contribution in [0.4, 0.5) is 0 Å². The zero-order chi connectivity index (χ0) is 9.26. The summed E-state index contributed by atoms with van der Waals surface area (Å²) in [4.78, 5) is 0.832. The van der Waals surface area contributed by atoms with E-state index in [1.807, 2.05) is 23.8 Å². The Kier molecular flexibility index (Phi) is 2.39. The molecule has 2 aromatic rings. The summed E-state index contributed by atoms with van der Waals surface area (Å²) in [5.74, 6) is 0. The average molecular weight is 212 g/mol. The lowest BCUT2D eigenvalue weighted by atomic mass is 10.1. The van der Waals surface area contributed by atoms with Crippen LogP contribution in [0.1, 0.15) is 22.2 Å². The van der Waals surface area contributed by atoms with Gasteiger partial charge >= 0.3 is 0 Å². The lowest BCUT2D eigenvalue weighted by Gasteiger charge is -2.04. The first kappa shape index (κ1) is 8.80. The van der Waals surface area contributed by atoms with Crippen LogP contribution in [0.5, 0.6) is 0 Å². The molecule has 1 unspecified atom stereocenters. The molecule has 1 N–H and O–H groups in total. The maximum atomic E-state index is 9.89. The van der Waals surface area contributed by atoms with Crippen molar-refractivity contribution >= 4 is 22.9 Å². The van der Waals surface area contributed by atoms with Crippen LogP contribution >= 0.6 is 22.9 Å². The minimum absolute atomic E-state index is 0.564. The molecule has 13 heavy (non-hydrogen) atoms. The summed E-state index contributed by atoms with van der Waals surface area (Å²) in [6.45, 7) is 1.86. The molecule has 0 amide bonds. The number of aliphatic hydroxyl groups excluding tert-OH is 1. The molecule has 68 valence electrons. The van der Waals surface area contributed by atoms with Gasteiger partial charge in [0.05, 0.1) is 10.6 Å². The SMILES string of the molecule is Cc1nnsc1C(O)c1ccsc1. The van der Waals surface area contributed by atoms with Crippen molar-refractivity contribution in [2.45, 2.75) is 13.0 Å². The number of nitrogens with zero attached hydrogens (tertiary/aromatic N) is 2. The fourth-order valence-corrected chi connectivity index (χ4v) is 2.41. The van der Waals surface area contributed by atoms with E-state index in [-0.39, 0.29) is 0 Å². The number of aromatic nitrogens is 2. The molecule has 0 aromatic carbocycles. The number of rotatable bonds is 2. The van der Waals surface area contributed by atoms with Crippen LogP contribution < -0.4 is 0 Å². The smallest absolute Gasteiger partial charge is 0.117 e. The van der Waals surface area contributed by atoms with Crippen LogP contribution in [0.15, 0.2) is 16.8 Å². The molecule has 0 spiro atoms. The summed E-state index contributed by atoms with van der Waals surface area (Å²) >= 11 is 2.82. The summed E-state index contributed by atoms with van der Waals surface area (Å²) < 4.78 is 3.79. The molecule has 0 bridgehead atoms. The topological polar surface area (TPSA) is 46.0 Å². The normalized spacial score (nSPS) is 13.1. The lowest BCUT2D eigenvalue weighted by molar-refractivity contribution is 0.223. The van der Waals surface area contributed by atoms with Gasteiger partial charge in [-0.25, -0.2) is 0 Å². The zero-order valence-corrected chi connectivity index (χ0v) is 8.60. The third-order valence-electron chi connectivity index (χ3n) is 1.79. The highest BCUT2D eigenvalue weighted by molar-refractivity contribution is 7.08. The molecule has 0 fully saturated rings. The number of hydrogen-bond acceptors (Lipinski definition) is 5. The molecular formula is C8H8N2OS2. The fourth-order valence-electron chi connectivity index (χ4n) is 1.07. The molecule has 1 atom stereocenters. The van der Waals surface area contributed by atoms with Gasteiger partial charge in [0.1, 0.15) is 6.10 Å². The van der Waals surface area contributed by atoms with Gasteiger partial charge in [-0.3, -0.25) is 0 Å². The molecule has 0 radical (unpaired) electrons. The van der Waals surface area contributed by atoms with Crippen LogP contribution in [0.2, 0.25) is 0 Å². The second-order valence-electron chi connectivity index (χ2n) is 2.68. The third kappa shape index (κ3) is 1.63. The maximum Gasteiger partial charge on any atom is 0.117 e. The van der Waals surface area contributed by atoms with Crippen molar-refractivity contribution in [3.63, 3.8) is 0 Å². The van der Waals surface area contributed by atoms with Gasteiger partial charge in [0, 0.05) is 0 Å². The van der Waals surface area contributed by atoms with E-state index < -0.39 is 6.10 Å². The van der Waals surface area contributed by atoms with Gasteiger partial charge in [-0.15, -0.1) is 5.10 Å². The largest absolute Gasteiger partial charge is 0.383 e. The average Bonchev–Trinajstić information content (AvgIpc) is 2.72. The van der Waals surface area contributed by atoms with Crippen molar-refractivity contribution in [2.75, 3.05) is 0 Å². The first-order valence-electron chi connectivity index (χ1n) is 3.78. The van der Waals surface area contributed by atoms with Crippen molar-refractivity contribution in [1.29, 1.82) is 0 Å². The van der Waals surface area contributed by atoms with Gasteiger partial charge in [-0.1, -0.05) is 4.49 Å². The first-order valence-corrected chi connectivity index (χ1v) is 5.49. The van der Waals surface area contributed by atoms with E-state index in [2.05, 4.69) is 9.59 Å². The number of aliphatic hydroxyl groups is 1. The standard InChI is InChI=1S/C8H8N2OS2/c1-5-8(13-10-9-5)7(11)6-2-3-12-4-6/h2-4,7,11H,1H3. The minimum atomic E-state index is -0.564. The summed E-state index contributed by atoms with van der Waals surface area (Å²) in [5.41, 5.74) is 1.72. The Hall–Kier alpha value is -0.780. The fraction of sp³-hybridized carbons (Fsp3) is 0.250. The quantitative estimate of drug-likeness (QED) is 0.828. The predicted molar refractivity (Wildman–Crippen MR) is 53.0 cm³/mol. The van der Waals surface area contributed by atoms with Gasteiger partial charge in [-0.2, -0.15) is 11.3 Å². The van der Waals surface area contributed by atoms with Crippen molar-refractivity contribution in [3.8, 4) is 0 Å². The van der Waals surface area contributed by atoms with E-state index in [0.717, 1.165) is 16.1 Å². The van der Waals surface area contributed by atoms with Gasteiger partial charge < -0.3 is 5.11 Å². The molecule has 0 saturated heterocycles. The molecule has 5 heteroatoms. The highest BCUT2D eigenvalue weighted by Gasteiger charge is 2.16. The Balaban J connectivity index is 2.33. The van der Waals surface area contributed by atoms with E-state index in [9.17, 15) is 5.11 Å². The molecule has 2 aromatic heterocycles. The molecule has 0 saturated carbocycles. The summed E-state index contributed by atoms with van der Waals surface area (Å²) in [5, 5.41) is 17.6. The monoisotopic (exact) mass is 212 g/mol. The van der Waals surface area contributed by atoms with Crippen LogP contribution in [0.3, 0.4) is 0 Å². The minimum Gasteiger partial charge on any atom is -0.383 e. The van der Waals surface area contributed by atoms with E-state index in [1.54, 1.807) is 11.3 Å². The maximum absolute atomic E-state index is 9.89. The Morgan fingerprint density at radius 2 is 2.38 bits per heavy atom. The van der Waals surface area contributed by atoms with Crippen LogP contribution in [-0.4, -0.2) is 14.7 Å². The van der Waals surface area contributed by atoms with Crippen molar-refractivity contribution in [2.24, 2.45) is 0 Å². The number of hydrogen-bond donors (Lipinski definition) is 1. The molecule has 0 aliphatic rings. The molecule has 0 aliphatic heterocycles. The van der Waals surface area contributed by atoms with Crippen molar-refractivity contribution in [1.82, 2.24) is 9.59 Å². The summed E-state index contributed by atoms with van der Waals surface area (Å²) in [6.07, 6.45) is -0.564. The van der Waals surface area contributed by atoms with Crippen molar-refractivity contribution in [3.05, 3.63) is 33.0 Å². The molecule has 3 nitrogen and oxygen atoms in total. The van der Waals surface area contributed by atoms with Crippen LogP contribution in [0.25, 0.3) is 0 Å². The molecule has 2 rings (SSSR count). The Morgan fingerprint density at radius 3 is 2.92 bits per heavy atom. The van der Waals surface area contributed by atoms with E-state index in [4.69, 9.17) is 0 Å². The number of aryl methyl sites for hydroxylation is 1. The van der Waals surface area contributed by atoms with Crippen LogP contribution in [-0.2, 0) is 0 Å². The number of thiophene rings is 1. The molecule has 0 aliphatic carbocycles. The van der Waals surface area contributed by atoms with Crippen LogP contribution in [0, 0.1) is 6.92 Å². The molecular weight excluding hydrogens is 204 g/mol. The van der Waals surface area contributed by atoms with Gasteiger partial charge in [0.2, 0.25) is 0 Å². The Labute approximate surface area is 83.8 Å². The predicted octanol–water partition coefficient (Wildman–Crippen LogP) is 1.99. The van der Waals surface area contributed by atoms with E-state index >= 15 is 0 Å². The third-order valence-corrected chi connectivity index (χ3v) is 3.37. The van der Waals surface area contributed by atoms with E-state index in [0.29, 0.717) is 0 Å². The second-order valence-corrected chi connectivity index (χ2v) is 4.25. The van der Waals surface area contributed by atoms with Gasteiger partial charge in [0.25, 0.3) is 0 Å². The highest BCUT2D eigenvalue weighted by atomic mass is 32.1. The Bertz CT molecular complexity index is 383. The first-order chi connectivity index (χ1) is 6.29. The highest BCUT2D eigenvalue weighted by Crippen LogP contribution is 2.27. The lowest BCUT2D eigenvalue weighted by Crippen LogP contribution is -1.96. The second kappa shape index (κ2) is 3.53. The van der Waals surface area contributed by atoms with Crippen molar-refractivity contribution < 1.29 is 5.11 Å². The van der Waals surface area contributed by atoms with E-state index in [1.165, 1.54) is 11.5 Å². The molecule has 2 heterocycles. The van der Waals surface area contributed by atoms with Gasteiger partial charge in [0.15, 0.2) is 0 Å². The summed E-state index contributed by atoms with van der Waals surface area (Å²) in [7, 11) is 0. The van der Waals surface area contributed by atoms with Gasteiger partial charge in [-0.05, 0) is 40.8 Å².